The smallest absolute Gasteiger partial charge is 0.123 e. The molecule has 2 heteroatoms. The zero-order valence-electron chi connectivity index (χ0n) is 9.81. The van der Waals surface area contributed by atoms with Crippen LogP contribution in [-0.2, 0) is 6.42 Å². The molecule has 2 N–H and O–H groups in total. The van der Waals surface area contributed by atoms with Crippen LogP contribution in [0.1, 0.15) is 37.8 Å². The Hall–Kier alpha value is -0.890. The standard InChI is InChI=1S/C13H20FN/c1-4-7-13(3,15)9-11-5-6-12(14)8-10(11)2/h5-6,8H,4,7,9,15H2,1-3H3. The van der Waals surface area contributed by atoms with Gasteiger partial charge in [0.05, 0.1) is 0 Å². The maximum atomic E-state index is 12.9. The number of halogens is 1. The van der Waals surface area contributed by atoms with E-state index in [1.54, 1.807) is 6.07 Å². The van der Waals surface area contributed by atoms with E-state index in [2.05, 4.69) is 13.8 Å². The molecule has 0 saturated carbocycles. The van der Waals surface area contributed by atoms with Crippen molar-refractivity contribution >= 4 is 0 Å². The Labute approximate surface area is 91.5 Å². The van der Waals surface area contributed by atoms with Crippen LogP contribution in [0.3, 0.4) is 0 Å². The predicted molar refractivity (Wildman–Crippen MR) is 62.3 cm³/mol. The fraction of sp³-hybridized carbons (Fsp3) is 0.538. The van der Waals surface area contributed by atoms with E-state index in [0.29, 0.717) is 0 Å². The summed E-state index contributed by atoms with van der Waals surface area (Å²) < 4.78 is 12.9. The van der Waals surface area contributed by atoms with E-state index >= 15 is 0 Å². The van der Waals surface area contributed by atoms with Crippen molar-refractivity contribution in [1.82, 2.24) is 0 Å². The van der Waals surface area contributed by atoms with Crippen LogP contribution in [0.15, 0.2) is 18.2 Å². The first kappa shape index (κ1) is 12.2. The number of hydrogen-bond acceptors (Lipinski definition) is 1. The lowest BCUT2D eigenvalue weighted by molar-refractivity contribution is 0.423. The molecule has 0 heterocycles. The van der Waals surface area contributed by atoms with Crippen LogP contribution in [0.5, 0.6) is 0 Å². The van der Waals surface area contributed by atoms with Gasteiger partial charge in [-0.05, 0) is 49.9 Å². The molecule has 0 radical (unpaired) electrons. The third kappa shape index (κ3) is 3.63. The Morgan fingerprint density at radius 1 is 1.40 bits per heavy atom. The van der Waals surface area contributed by atoms with Gasteiger partial charge in [0.1, 0.15) is 5.82 Å². The van der Waals surface area contributed by atoms with Gasteiger partial charge in [0, 0.05) is 5.54 Å². The van der Waals surface area contributed by atoms with Gasteiger partial charge in [0.25, 0.3) is 0 Å². The Morgan fingerprint density at radius 3 is 2.60 bits per heavy atom. The van der Waals surface area contributed by atoms with Crippen molar-refractivity contribution in [2.24, 2.45) is 5.73 Å². The molecule has 1 unspecified atom stereocenters. The lowest BCUT2D eigenvalue weighted by atomic mass is 9.88. The van der Waals surface area contributed by atoms with Gasteiger partial charge >= 0.3 is 0 Å². The average molecular weight is 209 g/mol. The monoisotopic (exact) mass is 209 g/mol. The van der Waals surface area contributed by atoms with Gasteiger partial charge in [-0.15, -0.1) is 0 Å². The molecule has 1 rings (SSSR count). The first-order valence-electron chi connectivity index (χ1n) is 5.48. The Morgan fingerprint density at radius 2 is 2.07 bits per heavy atom. The van der Waals surface area contributed by atoms with Crippen LogP contribution in [0, 0.1) is 12.7 Å². The SMILES string of the molecule is CCCC(C)(N)Cc1ccc(F)cc1C. The van der Waals surface area contributed by atoms with Gasteiger partial charge in [-0.25, -0.2) is 4.39 Å². The molecule has 0 spiro atoms. The number of nitrogens with two attached hydrogens (primary N) is 1. The molecule has 0 aliphatic heterocycles. The van der Waals surface area contributed by atoms with Crippen LogP contribution < -0.4 is 5.73 Å². The summed E-state index contributed by atoms with van der Waals surface area (Å²) in [5.41, 5.74) is 8.13. The lowest BCUT2D eigenvalue weighted by Gasteiger charge is -2.25. The molecule has 1 atom stereocenters. The molecule has 0 amide bonds. The van der Waals surface area contributed by atoms with Crippen LogP contribution in [0.2, 0.25) is 0 Å². The van der Waals surface area contributed by atoms with E-state index in [0.717, 1.165) is 30.4 Å². The molecule has 15 heavy (non-hydrogen) atoms. The van der Waals surface area contributed by atoms with Gasteiger partial charge in [0.2, 0.25) is 0 Å². The van der Waals surface area contributed by atoms with Crippen LogP contribution in [0.4, 0.5) is 4.39 Å². The van der Waals surface area contributed by atoms with Crippen molar-refractivity contribution in [2.75, 3.05) is 0 Å². The maximum absolute atomic E-state index is 12.9. The van der Waals surface area contributed by atoms with Gasteiger partial charge in [0.15, 0.2) is 0 Å². The van der Waals surface area contributed by atoms with Crippen molar-refractivity contribution in [1.29, 1.82) is 0 Å². The van der Waals surface area contributed by atoms with Gasteiger partial charge < -0.3 is 5.73 Å². The number of rotatable bonds is 4. The summed E-state index contributed by atoms with van der Waals surface area (Å²) in [6, 6.07) is 4.91. The molecule has 0 aliphatic carbocycles. The zero-order chi connectivity index (χ0) is 11.5. The summed E-state index contributed by atoms with van der Waals surface area (Å²) in [4.78, 5) is 0. The third-order valence-corrected chi connectivity index (χ3v) is 2.72. The first-order valence-corrected chi connectivity index (χ1v) is 5.48. The fourth-order valence-electron chi connectivity index (χ4n) is 1.95. The van der Waals surface area contributed by atoms with Crippen molar-refractivity contribution in [3.05, 3.63) is 35.1 Å². The first-order chi connectivity index (χ1) is 6.94. The number of hydrogen-bond donors (Lipinski definition) is 1. The highest BCUT2D eigenvalue weighted by molar-refractivity contribution is 5.28. The molecule has 1 aromatic carbocycles. The van der Waals surface area contributed by atoms with E-state index in [1.165, 1.54) is 6.07 Å². The fourth-order valence-corrected chi connectivity index (χ4v) is 1.95. The summed E-state index contributed by atoms with van der Waals surface area (Å²) in [7, 11) is 0. The molecule has 0 aromatic heterocycles. The predicted octanol–water partition coefficient (Wildman–Crippen LogP) is 3.19. The molecule has 1 aromatic rings. The van der Waals surface area contributed by atoms with E-state index in [-0.39, 0.29) is 11.4 Å². The number of benzene rings is 1. The van der Waals surface area contributed by atoms with Gasteiger partial charge in [-0.1, -0.05) is 19.4 Å². The van der Waals surface area contributed by atoms with Gasteiger partial charge in [-0.2, -0.15) is 0 Å². The second-order valence-corrected chi connectivity index (χ2v) is 4.65. The van der Waals surface area contributed by atoms with Crippen LogP contribution in [-0.4, -0.2) is 5.54 Å². The highest BCUT2D eigenvalue weighted by Gasteiger charge is 2.18. The normalized spacial score (nSPS) is 15.0. The molecule has 0 aliphatic rings. The van der Waals surface area contributed by atoms with Crippen molar-refractivity contribution in [2.45, 2.75) is 45.6 Å². The quantitative estimate of drug-likeness (QED) is 0.809. The van der Waals surface area contributed by atoms with E-state index in [4.69, 9.17) is 5.73 Å². The van der Waals surface area contributed by atoms with Crippen molar-refractivity contribution < 1.29 is 4.39 Å². The molecular weight excluding hydrogens is 189 g/mol. The topological polar surface area (TPSA) is 26.0 Å². The average Bonchev–Trinajstić information content (AvgIpc) is 2.09. The van der Waals surface area contributed by atoms with Gasteiger partial charge in [-0.3, -0.25) is 0 Å². The summed E-state index contributed by atoms with van der Waals surface area (Å²) in [5.74, 6) is -0.175. The third-order valence-electron chi connectivity index (χ3n) is 2.72. The Balaban J connectivity index is 2.80. The summed E-state index contributed by atoms with van der Waals surface area (Å²) in [6.07, 6.45) is 2.88. The molecule has 84 valence electrons. The minimum atomic E-state index is -0.183. The van der Waals surface area contributed by atoms with Crippen molar-refractivity contribution in [3.8, 4) is 0 Å². The van der Waals surface area contributed by atoms with Crippen LogP contribution >= 0.6 is 0 Å². The molecule has 0 saturated heterocycles. The van der Waals surface area contributed by atoms with E-state index < -0.39 is 0 Å². The highest BCUT2D eigenvalue weighted by atomic mass is 19.1. The molecular formula is C13H20FN. The van der Waals surface area contributed by atoms with Crippen molar-refractivity contribution in [3.63, 3.8) is 0 Å². The van der Waals surface area contributed by atoms with Crippen LogP contribution in [0.25, 0.3) is 0 Å². The lowest BCUT2D eigenvalue weighted by Crippen LogP contribution is -2.38. The summed E-state index contributed by atoms with van der Waals surface area (Å²) in [5, 5.41) is 0. The molecule has 0 bridgehead atoms. The highest BCUT2D eigenvalue weighted by Crippen LogP contribution is 2.19. The molecule has 1 nitrogen and oxygen atoms in total. The minimum Gasteiger partial charge on any atom is -0.325 e. The Bertz CT molecular complexity index is 331. The minimum absolute atomic E-state index is 0.175. The van der Waals surface area contributed by atoms with E-state index in [1.807, 2.05) is 13.0 Å². The summed E-state index contributed by atoms with van der Waals surface area (Å²) in [6.45, 7) is 6.11. The maximum Gasteiger partial charge on any atom is 0.123 e. The largest absolute Gasteiger partial charge is 0.325 e. The second-order valence-electron chi connectivity index (χ2n) is 4.65. The Kier molecular flexibility index (Phi) is 3.86. The summed E-state index contributed by atoms with van der Waals surface area (Å²) >= 11 is 0. The number of aryl methyl sites for hydroxylation is 1. The molecule has 0 fully saturated rings. The second kappa shape index (κ2) is 4.75. The zero-order valence-corrected chi connectivity index (χ0v) is 9.81. The van der Waals surface area contributed by atoms with E-state index in [9.17, 15) is 4.39 Å².